The van der Waals surface area contributed by atoms with Gasteiger partial charge in [0.05, 0.1) is 11.0 Å². The van der Waals surface area contributed by atoms with E-state index in [-0.39, 0.29) is 0 Å². The summed E-state index contributed by atoms with van der Waals surface area (Å²) < 4.78 is 8.77. The van der Waals surface area contributed by atoms with Gasteiger partial charge in [-0.2, -0.15) is 0 Å². The van der Waals surface area contributed by atoms with Gasteiger partial charge in [-0.3, -0.25) is 0 Å². The standard InChI is InChI=1S/C61H38N4O/c1-3-15-37(16-4-1)42-31-32-43(38-17-5-2-6-18-38)58-51-34-33-49(48-24-14-25-50(56(48)51)57(42)58)61-63-59(62-60(64-61)40-29-30-47-46-23-9-12-28-54(46)66-55(47)36-40)39-19-13-20-41(35-39)65-52-26-10-7-21-44(52)45-22-8-11-27-53(45)65/h1-36,61H,(H,62,63,64). The molecule has 1 atom stereocenters. The Morgan fingerprint density at radius 1 is 0.409 bits per heavy atom. The van der Waals surface area contributed by atoms with Crippen LogP contribution in [0.1, 0.15) is 22.9 Å². The molecule has 1 N–H and O–H groups in total. The normalized spacial score (nSPS) is 14.2. The topological polar surface area (TPSA) is 54.8 Å². The van der Waals surface area contributed by atoms with E-state index >= 15 is 0 Å². The summed E-state index contributed by atoms with van der Waals surface area (Å²) in [7, 11) is 0. The van der Waals surface area contributed by atoms with E-state index in [4.69, 9.17) is 14.4 Å². The summed E-state index contributed by atoms with van der Waals surface area (Å²) >= 11 is 0. The molecule has 1 aliphatic carbocycles. The van der Waals surface area contributed by atoms with Crippen molar-refractivity contribution in [3.63, 3.8) is 0 Å². The van der Waals surface area contributed by atoms with Crippen molar-refractivity contribution < 1.29 is 4.42 Å². The van der Waals surface area contributed by atoms with Crippen LogP contribution >= 0.6 is 0 Å². The van der Waals surface area contributed by atoms with Gasteiger partial charge in [0.2, 0.25) is 0 Å². The molecule has 0 amide bonds. The van der Waals surface area contributed by atoms with Crippen LogP contribution in [0, 0.1) is 0 Å². The predicted octanol–water partition coefficient (Wildman–Crippen LogP) is 15.3. The molecule has 5 nitrogen and oxygen atoms in total. The number of para-hydroxylation sites is 3. The monoisotopic (exact) mass is 842 g/mol. The first-order valence-electron chi connectivity index (χ1n) is 22.5. The van der Waals surface area contributed by atoms with Crippen molar-refractivity contribution in [3.8, 4) is 50.2 Å². The molecule has 1 aliphatic heterocycles. The lowest BCUT2D eigenvalue weighted by Crippen LogP contribution is -2.33. The highest BCUT2D eigenvalue weighted by atomic mass is 16.3. The second kappa shape index (κ2) is 14.4. The summed E-state index contributed by atoms with van der Waals surface area (Å²) in [5, 5.41) is 10.9. The molecular formula is C61H38N4O. The van der Waals surface area contributed by atoms with Gasteiger partial charge in [0.15, 0.2) is 5.84 Å². The quantitative estimate of drug-likeness (QED) is 0.181. The van der Waals surface area contributed by atoms with E-state index in [1.54, 1.807) is 0 Å². The fourth-order valence-corrected chi connectivity index (χ4v) is 10.7. The maximum Gasteiger partial charge on any atom is 0.159 e. The zero-order valence-corrected chi connectivity index (χ0v) is 35.6. The number of hydrogen-bond donors (Lipinski definition) is 1. The summed E-state index contributed by atoms with van der Waals surface area (Å²) in [4.78, 5) is 10.9. The van der Waals surface area contributed by atoms with Gasteiger partial charge in [-0.05, 0) is 97.7 Å². The van der Waals surface area contributed by atoms with E-state index in [0.29, 0.717) is 5.84 Å². The Bertz CT molecular complexity index is 3900. The SMILES string of the molecule is c1ccc(-c2ccc(-c3ccccc3)c3c2-c2cccc4c(C5N=C(c6ccc7c(c6)oc6ccccc67)N=C(c6cccc(-n7c8ccccc8c8ccccc87)c6)N5)ccc-3c24)cc1. The van der Waals surface area contributed by atoms with Gasteiger partial charge in [0.1, 0.15) is 23.2 Å². The molecular weight excluding hydrogens is 805 g/mol. The number of rotatable bonds is 6. The second-order valence-corrected chi connectivity index (χ2v) is 17.3. The van der Waals surface area contributed by atoms with Gasteiger partial charge in [0.25, 0.3) is 0 Å². The molecule has 1 unspecified atom stereocenters. The molecule has 0 spiro atoms. The average molecular weight is 843 g/mol. The van der Waals surface area contributed by atoms with Crippen molar-refractivity contribution in [2.24, 2.45) is 9.98 Å². The number of aliphatic imine (C=N–C) groups is 2. The number of furan rings is 1. The van der Waals surface area contributed by atoms with Gasteiger partial charge in [0, 0.05) is 43.9 Å². The lowest BCUT2D eigenvalue weighted by atomic mass is 9.88. The first-order valence-corrected chi connectivity index (χ1v) is 22.5. The summed E-state index contributed by atoms with van der Waals surface area (Å²) in [5.41, 5.74) is 17.9. The first kappa shape index (κ1) is 36.7. The van der Waals surface area contributed by atoms with Gasteiger partial charge in [-0.25, -0.2) is 9.98 Å². The third-order valence-electron chi connectivity index (χ3n) is 13.6. The average Bonchev–Trinajstić information content (AvgIpc) is 4.05. The highest BCUT2D eigenvalue weighted by molar-refractivity contribution is 6.22. The van der Waals surface area contributed by atoms with Crippen molar-refractivity contribution in [2.45, 2.75) is 6.17 Å². The number of hydrogen-bond acceptors (Lipinski definition) is 4. The summed E-state index contributed by atoms with van der Waals surface area (Å²) in [5.74, 6) is 1.39. The zero-order valence-electron chi connectivity index (χ0n) is 35.6. The van der Waals surface area contributed by atoms with Crippen LogP contribution in [-0.2, 0) is 0 Å². The van der Waals surface area contributed by atoms with Crippen molar-refractivity contribution in [2.75, 3.05) is 0 Å². The molecule has 10 aromatic carbocycles. The van der Waals surface area contributed by atoms with E-state index in [9.17, 15) is 0 Å². The van der Waals surface area contributed by atoms with Crippen LogP contribution in [0.2, 0.25) is 0 Å². The van der Waals surface area contributed by atoms with Gasteiger partial charge in [-0.15, -0.1) is 0 Å². The van der Waals surface area contributed by atoms with Crippen LogP contribution in [0.25, 0.3) is 105 Å². The fourth-order valence-electron chi connectivity index (χ4n) is 10.7. The minimum atomic E-state index is -0.453. The Morgan fingerprint density at radius 2 is 0.985 bits per heavy atom. The molecule has 2 aliphatic rings. The number of benzene rings is 10. The molecule has 0 saturated heterocycles. The predicted molar refractivity (Wildman–Crippen MR) is 273 cm³/mol. The van der Waals surface area contributed by atoms with Gasteiger partial charge >= 0.3 is 0 Å². The number of fused-ring (bicyclic) bond motifs is 9. The van der Waals surface area contributed by atoms with E-state index in [0.717, 1.165) is 66.6 Å². The third-order valence-corrected chi connectivity index (χ3v) is 13.6. The lowest BCUT2D eigenvalue weighted by molar-refractivity contribution is 0.668. The molecule has 66 heavy (non-hydrogen) atoms. The minimum Gasteiger partial charge on any atom is -0.456 e. The summed E-state index contributed by atoms with van der Waals surface area (Å²) in [6, 6.07) is 78.0. The van der Waals surface area contributed by atoms with Crippen LogP contribution in [0.5, 0.6) is 0 Å². The van der Waals surface area contributed by atoms with Crippen molar-refractivity contribution in [1.29, 1.82) is 0 Å². The third kappa shape index (κ3) is 5.53. The Balaban J connectivity index is 0.958. The number of nitrogens with one attached hydrogen (secondary N) is 1. The van der Waals surface area contributed by atoms with E-state index in [1.165, 1.54) is 60.7 Å². The smallest absolute Gasteiger partial charge is 0.159 e. The summed E-state index contributed by atoms with van der Waals surface area (Å²) in [6.45, 7) is 0. The Hall–Kier alpha value is -8.80. The maximum atomic E-state index is 6.42. The van der Waals surface area contributed by atoms with Crippen LogP contribution < -0.4 is 5.32 Å². The Labute approximate surface area is 380 Å². The highest BCUT2D eigenvalue weighted by Crippen LogP contribution is 2.55. The van der Waals surface area contributed by atoms with Crippen molar-refractivity contribution in [1.82, 2.24) is 9.88 Å². The Kier molecular flexibility index (Phi) is 7.98. The van der Waals surface area contributed by atoms with Gasteiger partial charge < -0.3 is 14.3 Å². The van der Waals surface area contributed by atoms with Crippen molar-refractivity contribution >= 4 is 66.2 Å². The maximum absolute atomic E-state index is 6.42. The molecule has 5 heteroatoms. The number of nitrogens with zero attached hydrogens (tertiary/aromatic N) is 3. The fraction of sp³-hybridized carbons (Fsp3) is 0.0164. The molecule has 0 radical (unpaired) electrons. The van der Waals surface area contributed by atoms with Crippen LogP contribution in [0.3, 0.4) is 0 Å². The molecule has 2 aromatic heterocycles. The zero-order chi connectivity index (χ0) is 43.3. The Morgan fingerprint density at radius 3 is 1.71 bits per heavy atom. The summed E-state index contributed by atoms with van der Waals surface area (Å²) in [6.07, 6.45) is -0.453. The molecule has 3 heterocycles. The van der Waals surface area contributed by atoms with E-state index in [2.05, 4.69) is 216 Å². The van der Waals surface area contributed by atoms with E-state index in [1.807, 2.05) is 12.1 Å². The number of amidine groups is 2. The van der Waals surface area contributed by atoms with E-state index < -0.39 is 6.17 Å². The molecule has 0 fully saturated rings. The molecule has 308 valence electrons. The van der Waals surface area contributed by atoms with Crippen LogP contribution in [0.15, 0.2) is 233 Å². The van der Waals surface area contributed by atoms with Gasteiger partial charge in [-0.1, -0.05) is 176 Å². The molecule has 14 rings (SSSR count). The largest absolute Gasteiger partial charge is 0.456 e. The molecule has 0 saturated carbocycles. The lowest BCUT2D eigenvalue weighted by Gasteiger charge is -2.25. The number of aromatic nitrogens is 1. The van der Waals surface area contributed by atoms with Crippen LogP contribution in [0.4, 0.5) is 0 Å². The molecule has 12 aromatic rings. The van der Waals surface area contributed by atoms with Crippen LogP contribution in [-0.4, -0.2) is 16.2 Å². The molecule has 0 bridgehead atoms. The minimum absolute atomic E-state index is 0.453. The van der Waals surface area contributed by atoms with Crippen molar-refractivity contribution in [3.05, 3.63) is 235 Å². The second-order valence-electron chi connectivity index (χ2n) is 17.3. The first-order chi connectivity index (χ1) is 32.7. The highest BCUT2D eigenvalue weighted by Gasteiger charge is 2.31.